The Kier molecular flexibility index (Phi) is 5.03. The maximum absolute atomic E-state index is 12.8. The van der Waals surface area contributed by atoms with Crippen LogP contribution in [0.2, 0.25) is 0 Å². The molecule has 5 atom stereocenters. The van der Waals surface area contributed by atoms with Crippen molar-refractivity contribution in [1.29, 1.82) is 0 Å². The Bertz CT molecular complexity index is 1150. The highest BCUT2D eigenvalue weighted by atomic mass is 35.5. The largest absolute Gasteiger partial charge is 0.504 e. The third-order valence-electron chi connectivity index (χ3n) is 7.91. The van der Waals surface area contributed by atoms with Crippen LogP contribution in [-0.2, 0) is 21.4 Å². The number of esters is 1. The average Bonchev–Trinajstić information content (AvgIpc) is 3.16. The zero-order chi connectivity index (χ0) is 22.3. The predicted octanol–water partition coefficient (Wildman–Crippen LogP) is 2.37. The normalized spacial score (nSPS) is 32.0. The summed E-state index contributed by atoms with van der Waals surface area (Å²) in [5.41, 5.74) is 0.368. The van der Waals surface area contributed by atoms with E-state index < -0.39 is 29.2 Å². The number of carbonyl (C=O) groups excluding carboxylic acids is 1. The van der Waals surface area contributed by atoms with Crippen molar-refractivity contribution in [3.8, 4) is 11.5 Å². The molecule has 1 fully saturated rings. The van der Waals surface area contributed by atoms with E-state index in [1.54, 1.807) is 42.5 Å². The molecule has 0 radical (unpaired) electrons. The number of phenolic OH excluding ortho intramolecular Hbond substituents is 1. The molecule has 0 aromatic heterocycles. The Morgan fingerprint density at radius 3 is 2.76 bits per heavy atom. The number of carbonyl (C=O) groups is 1. The quantitative estimate of drug-likeness (QED) is 0.591. The van der Waals surface area contributed by atoms with E-state index >= 15 is 0 Å². The number of aliphatic hydroxyl groups is 2. The molecule has 0 saturated carbocycles. The molecular formula is C25H26ClNO6. The number of likely N-dealkylation sites (N-methyl/N-ethyl adjacent to an activating group) is 1. The SMILES string of the molecule is CN1CCC23c4c5ccc(O)c4OC2C(OC(=O)C(O)c2ccccc2)=CCC3(O)C1C5.Cl. The van der Waals surface area contributed by atoms with Crippen LogP contribution in [-0.4, -0.2) is 57.5 Å². The van der Waals surface area contributed by atoms with E-state index in [-0.39, 0.29) is 30.0 Å². The molecule has 4 aliphatic rings. The van der Waals surface area contributed by atoms with Crippen LogP contribution in [0.5, 0.6) is 11.5 Å². The topological polar surface area (TPSA) is 99.5 Å². The van der Waals surface area contributed by atoms with Crippen LogP contribution < -0.4 is 4.74 Å². The van der Waals surface area contributed by atoms with Crippen molar-refractivity contribution in [2.45, 2.75) is 48.5 Å². The van der Waals surface area contributed by atoms with Crippen LogP contribution >= 0.6 is 12.4 Å². The first-order valence-electron chi connectivity index (χ1n) is 11.0. The van der Waals surface area contributed by atoms with Gasteiger partial charge >= 0.3 is 5.97 Å². The minimum atomic E-state index is -1.43. The summed E-state index contributed by atoms with van der Waals surface area (Å²) in [5, 5.41) is 33.1. The Morgan fingerprint density at radius 1 is 1.24 bits per heavy atom. The molecule has 2 bridgehead atoms. The van der Waals surface area contributed by atoms with E-state index in [0.29, 0.717) is 30.6 Å². The zero-order valence-electron chi connectivity index (χ0n) is 18.1. The van der Waals surface area contributed by atoms with Gasteiger partial charge in [-0.25, -0.2) is 4.79 Å². The van der Waals surface area contributed by atoms with E-state index in [4.69, 9.17) is 9.47 Å². The number of nitrogens with zero attached hydrogens (tertiary/aromatic N) is 1. The van der Waals surface area contributed by atoms with E-state index in [1.807, 2.05) is 13.1 Å². The number of benzene rings is 2. The average molecular weight is 472 g/mol. The summed E-state index contributed by atoms with van der Waals surface area (Å²) in [6.07, 6.45) is 1.06. The van der Waals surface area contributed by atoms with Crippen LogP contribution in [0.1, 0.15) is 35.6 Å². The van der Waals surface area contributed by atoms with Gasteiger partial charge in [-0.15, -0.1) is 12.4 Å². The minimum absolute atomic E-state index is 0. The molecule has 1 spiro atoms. The van der Waals surface area contributed by atoms with Gasteiger partial charge < -0.3 is 29.7 Å². The second-order valence-corrected chi connectivity index (χ2v) is 9.34. The lowest BCUT2D eigenvalue weighted by atomic mass is 9.50. The Labute approximate surface area is 197 Å². The third-order valence-corrected chi connectivity index (χ3v) is 7.91. The molecule has 2 aromatic rings. The van der Waals surface area contributed by atoms with Crippen LogP contribution in [0.15, 0.2) is 54.3 Å². The maximum Gasteiger partial charge on any atom is 0.344 e. The van der Waals surface area contributed by atoms with Crippen LogP contribution in [0.25, 0.3) is 0 Å². The van der Waals surface area contributed by atoms with Gasteiger partial charge in [-0.2, -0.15) is 0 Å². The number of piperidine rings is 1. The van der Waals surface area contributed by atoms with Crippen molar-refractivity contribution in [3.63, 3.8) is 0 Å². The van der Waals surface area contributed by atoms with E-state index in [0.717, 1.165) is 17.7 Å². The van der Waals surface area contributed by atoms with Gasteiger partial charge in [-0.05, 0) is 49.7 Å². The van der Waals surface area contributed by atoms with Gasteiger partial charge in [0.25, 0.3) is 0 Å². The van der Waals surface area contributed by atoms with E-state index in [9.17, 15) is 20.1 Å². The van der Waals surface area contributed by atoms with E-state index in [2.05, 4.69) is 4.90 Å². The standard InChI is InChI=1S/C25H25NO6.ClH/c1-26-12-11-24-19-15-7-8-16(27)21(19)32-22(24)17(9-10-25(24,30)18(26)13-15)31-23(29)20(28)14-5-3-2-4-6-14;/h2-9,18,20,22,27-28,30H,10-13H2,1H3;1H. The smallest absolute Gasteiger partial charge is 0.344 e. The molecule has 8 heteroatoms. The van der Waals surface area contributed by atoms with Gasteiger partial charge in [0.2, 0.25) is 0 Å². The van der Waals surface area contributed by atoms with Gasteiger partial charge in [0.05, 0.1) is 11.0 Å². The molecule has 5 unspecified atom stereocenters. The number of ether oxygens (including phenoxy) is 2. The first-order chi connectivity index (χ1) is 15.4. The fourth-order valence-corrected chi connectivity index (χ4v) is 6.38. The molecule has 0 amide bonds. The predicted molar refractivity (Wildman–Crippen MR) is 121 cm³/mol. The molecule has 174 valence electrons. The number of phenols is 1. The molecule has 2 aromatic carbocycles. The van der Waals surface area contributed by atoms with Crippen molar-refractivity contribution < 1.29 is 29.6 Å². The monoisotopic (exact) mass is 471 g/mol. The maximum atomic E-state index is 12.8. The lowest BCUT2D eigenvalue weighted by molar-refractivity contribution is -0.172. The summed E-state index contributed by atoms with van der Waals surface area (Å²) < 4.78 is 12.0. The number of rotatable bonds is 3. The van der Waals surface area contributed by atoms with Crippen LogP contribution in [0, 0.1) is 0 Å². The van der Waals surface area contributed by atoms with Crippen LogP contribution in [0.4, 0.5) is 0 Å². The summed E-state index contributed by atoms with van der Waals surface area (Å²) in [6.45, 7) is 0.745. The lowest BCUT2D eigenvalue weighted by Crippen LogP contribution is -2.74. The summed E-state index contributed by atoms with van der Waals surface area (Å²) in [6, 6.07) is 12.0. The molecular weight excluding hydrogens is 446 g/mol. The van der Waals surface area contributed by atoms with Gasteiger partial charge in [-0.3, -0.25) is 0 Å². The molecule has 33 heavy (non-hydrogen) atoms. The Balaban J connectivity index is 0.00000228. The minimum Gasteiger partial charge on any atom is -0.504 e. The molecule has 7 nitrogen and oxygen atoms in total. The highest BCUT2D eigenvalue weighted by Crippen LogP contribution is 2.65. The number of aromatic hydroxyl groups is 1. The zero-order valence-corrected chi connectivity index (χ0v) is 18.9. The van der Waals surface area contributed by atoms with E-state index in [1.165, 1.54) is 0 Å². The second kappa shape index (κ2) is 7.46. The van der Waals surface area contributed by atoms with Gasteiger partial charge in [-0.1, -0.05) is 36.4 Å². The van der Waals surface area contributed by atoms with Crippen molar-refractivity contribution in [3.05, 3.63) is 71.0 Å². The number of aliphatic hydroxyl groups excluding tert-OH is 1. The number of likely N-dealkylation sites (tertiary alicyclic amines) is 1. The van der Waals surface area contributed by atoms with Crippen molar-refractivity contribution in [2.75, 3.05) is 13.6 Å². The summed E-state index contributed by atoms with van der Waals surface area (Å²) >= 11 is 0. The Hall–Kier alpha value is -2.58. The number of hydrogen-bond donors (Lipinski definition) is 3. The van der Waals surface area contributed by atoms with Crippen LogP contribution in [0.3, 0.4) is 0 Å². The molecule has 3 N–H and O–H groups in total. The molecule has 1 saturated heterocycles. The summed E-state index contributed by atoms with van der Waals surface area (Å²) in [7, 11) is 2.02. The second-order valence-electron chi connectivity index (χ2n) is 9.34. The van der Waals surface area contributed by atoms with Crippen molar-refractivity contribution in [2.24, 2.45) is 0 Å². The van der Waals surface area contributed by atoms with Crippen molar-refractivity contribution >= 4 is 18.4 Å². The molecule has 6 rings (SSSR count). The third kappa shape index (κ3) is 2.77. The first kappa shape index (κ1) is 22.2. The fourth-order valence-electron chi connectivity index (χ4n) is 6.38. The molecule has 2 aliphatic carbocycles. The molecule has 2 aliphatic heterocycles. The first-order valence-corrected chi connectivity index (χ1v) is 11.0. The lowest BCUT2D eigenvalue weighted by Gasteiger charge is -2.61. The Morgan fingerprint density at radius 2 is 2.00 bits per heavy atom. The molecule has 2 heterocycles. The van der Waals surface area contributed by atoms with Gasteiger partial charge in [0.1, 0.15) is 5.76 Å². The van der Waals surface area contributed by atoms with Gasteiger partial charge in [0, 0.05) is 18.0 Å². The van der Waals surface area contributed by atoms with Gasteiger partial charge in [0.15, 0.2) is 23.7 Å². The van der Waals surface area contributed by atoms with Crippen molar-refractivity contribution in [1.82, 2.24) is 4.90 Å². The highest BCUT2D eigenvalue weighted by Gasteiger charge is 2.72. The summed E-state index contributed by atoms with van der Waals surface area (Å²) in [4.78, 5) is 15.0. The highest BCUT2D eigenvalue weighted by molar-refractivity contribution is 5.85. The fraction of sp³-hybridized carbons (Fsp3) is 0.400. The number of halogens is 1. The number of hydrogen-bond acceptors (Lipinski definition) is 7. The summed E-state index contributed by atoms with van der Waals surface area (Å²) in [5.74, 6) is -0.140.